The van der Waals surface area contributed by atoms with Crippen LogP contribution < -0.4 is 4.74 Å². The lowest BCUT2D eigenvalue weighted by atomic mass is 10.0. The molecule has 2 aliphatic rings. The number of sulfonamides is 1. The number of nitrogens with zero attached hydrogens (tertiary/aromatic N) is 3. The standard InChI is InChI=1S/C20H25N3O4S/c1-26-12-11-23-16-20(27-18-6-2-3-7-19(18)28(23,24)25)8-10-22(15-20)14-17-5-4-9-21-13-17/h2-7,9,13H,8,10-12,14-16H2,1H3. The van der Waals surface area contributed by atoms with E-state index in [1.807, 2.05) is 18.3 Å². The summed E-state index contributed by atoms with van der Waals surface area (Å²) in [5.74, 6) is 0.436. The van der Waals surface area contributed by atoms with Crippen LogP contribution in [0.3, 0.4) is 0 Å². The molecule has 1 fully saturated rings. The topological polar surface area (TPSA) is 72.0 Å². The Morgan fingerprint density at radius 1 is 1.21 bits per heavy atom. The molecule has 3 heterocycles. The summed E-state index contributed by atoms with van der Waals surface area (Å²) in [5.41, 5.74) is 0.563. The molecule has 1 spiro atoms. The summed E-state index contributed by atoms with van der Waals surface area (Å²) in [6, 6.07) is 10.9. The first-order valence-corrected chi connectivity index (χ1v) is 10.8. The van der Waals surface area contributed by atoms with Crippen LogP contribution in [0.4, 0.5) is 0 Å². The molecule has 0 amide bonds. The molecular formula is C20H25N3O4S. The Hall–Kier alpha value is -2.00. The lowest BCUT2D eigenvalue weighted by Gasteiger charge is -2.32. The van der Waals surface area contributed by atoms with Gasteiger partial charge in [0.15, 0.2) is 0 Å². The first kappa shape index (κ1) is 19.3. The highest BCUT2D eigenvalue weighted by Gasteiger charge is 2.47. The predicted molar refractivity (Wildman–Crippen MR) is 105 cm³/mol. The fraction of sp³-hybridized carbons (Fsp3) is 0.450. The number of aromatic nitrogens is 1. The van der Waals surface area contributed by atoms with Gasteiger partial charge in [0.25, 0.3) is 0 Å². The molecule has 0 aliphatic carbocycles. The van der Waals surface area contributed by atoms with E-state index in [2.05, 4.69) is 16.0 Å². The van der Waals surface area contributed by atoms with Gasteiger partial charge in [0.2, 0.25) is 10.0 Å². The smallest absolute Gasteiger partial charge is 0.246 e. The molecule has 0 bridgehead atoms. The number of para-hydroxylation sites is 1. The number of hydrogen-bond acceptors (Lipinski definition) is 6. The normalized spacial score (nSPS) is 24.6. The van der Waals surface area contributed by atoms with Crippen molar-refractivity contribution in [1.29, 1.82) is 0 Å². The summed E-state index contributed by atoms with van der Waals surface area (Å²) in [6.07, 6.45) is 4.39. The molecule has 150 valence electrons. The van der Waals surface area contributed by atoms with Gasteiger partial charge in [0.05, 0.1) is 13.2 Å². The number of fused-ring (bicyclic) bond motifs is 1. The van der Waals surface area contributed by atoms with Crippen LogP contribution in [-0.4, -0.2) is 68.1 Å². The van der Waals surface area contributed by atoms with E-state index in [4.69, 9.17) is 9.47 Å². The molecule has 0 saturated carbocycles. The van der Waals surface area contributed by atoms with Gasteiger partial charge in [-0.05, 0) is 23.8 Å². The number of hydrogen-bond donors (Lipinski definition) is 0. The van der Waals surface area contributed by atoms with E-state index in [0.717, 1.165) is 25.1 Å². The molecular weight excluding hydrogens is 378 g/mol. The van der Waals surface area contributed by atoms with Crippen LogP contribution in [0.2, 0.25) is 0 Å². The number of benzene rings is 1. The molecule has 2 aromatic rings. The molecule has 28 heavy (non-hydrogen) atoms. The quantitative estimate of drug-likeness (QED) is 0.758. The highest BCUT2D eigenvalue weighted by Crippen LogP contribution is 2.38. The van der Waals surface area contributed by atoms with E-state index in [9.17, 15) is 8.42 Å². The molecule has 1 aromatic heterocycles. The average Bonchev–Trinajstić information content (AvgIpc) is 3.04. The van der Waals surface area contributed by atoms with E-state index in [1.165, 1.54) is 4.31 Å². The van der Waals surface area contributed by atoms with Crippen LogP contribution >= 0.6 is 0 Å². The zero-order valence-electron chi connectivity index (χ0n) is 16.0. The van der Waals surface area contributed by atoms with Gasteiger partial charge in [0, 0.05) is 52.1 Å². The van der Waals surface area contributed by atoms with Crippen molar-refractivity contribution in [2.45, 2.75) is 23.5 Å². The maximum Gasteiger partial charge on any atom is 0.246 e. The van der Waals surface area contributed by atoms with Gasteiger partial charge < -0.3 is 9.47 Å². The van der Waals surface area contributed by atoms with Gasteiger partial charge in [-0.25, -0.2) is 8.42 Å². The Morgan fingerprint density at radius 2 is 2.07 bits per heavy atom. The molecule has 8 heteroatoms. The van der Waals surface area contributed by atoms with E-state index in [1.54, 1.807) is 31.5 Å². The fourth-order valence-electron chi connectivity index (χ4n) is 3.98. The summed E-state index contributed by atoms with van der Waals surface area (Å²) < 4.78 is 39.5. The lowest BCUT2D eigenvalue weighted by Crippen LogP contribution is -2.49. The average molecular weight is 404 g/mol. The second-order valence-corrected chi connectivity index (χ2v) is 9.29. The highest BCUT2D eigenvalue weighted by molar-refractivity contribution is 7.89. The van der Waals surface area contributed by atoms with Crippen LogP contribution in [0.15, 0.2) is 53.7 Å². The second-order valence-electron chi connectivity index (χ2n) is 7.39. The van der Waals surface area contributed by atoms with Crippen molar-refractivity contribution in [3.8, 4) is 5.75 Å². The molecule has 1 aromatic carbocycles. The number of ether oxygens (including phenoxy) is 2. The maximum atomic E-state index is 13.2. The largest absolute Gasteiger partial charge is 0.483 e. The first-order chi connectivity index (χ1) is 13.5. The summed E-state index contributed by atoms with van der Waals surface area (Å²) in [5, 5.41) is 0. The lowest BCUT2D eigenvalue weighted by molar-refractivity contribution is 0.0533. The predicted octanol–water partition coefficient (Wildman–Crippen LogP) is 1.76. The third-order valence-electron chi connectivity index (χ3n) is 5.33. The van der Waals surface area contributed by atoms with E-state index in [-0.39, 0.29) is 4.90 Å². The zero-order valence-corrected chi connectivity index (χ0v) is 16.8. The molecule has 1 unspecified atom stereocenters. The van der Waals surface area contributed by atoms with Crippen LogP contribution in [-0.2, 0) is 21.3 Å². The Labute approximate surface area is 165 Å². The van der Waals surface area contributed by atoms with Gasteiger partial charge in [-0.1, -0.05) is 18.2 Å². The van der Waals surface area contributed by atoms with Gasteiger partial charge >= 0.3 is 0 Å². The van der Waals surface area contributed by atoms with Crippen molar-refractivity contribution in [3.05, 3.63) is 54.4 Å². The summed E-state index contributed by atoms with van der Waals surface area (Å²) in [4.78, 5) is 6.71. The van der Waals surface area contributed by atoms with Crippen LogP contribution in [0.5, 0.6) is 5.75 Å². The molecule has 0 radical (unpaired) electrons. The summed E-state index contributed by atoms with van der Waals surface area (Å²) >= 11 is 0. The molecule has 0 N–H and O–H groups in total. The molecule has 7 nitrogen and oxygen atoms in total. The number of rotatable bonds is 5. The van der Waals surface area contributed by atoms with E-state index < -0.39 is 15.6 Å². The van der Waals surface area contributed by atoms with Gasteiger partial charge in [-0.2, -0.15) is 4.31 Å². The minimum atomic E-state index is -3.63. The van der Waals surface area contributed by atoms with Crippen LogP contribution in [0.25, 0.3) is 0 Å². The molecule has 4 rings (SSSR count). The second kappa shape index (κ2) is 7.79. The van der Waals surface area contributed by atoms with Crippen molar-refractivity contribution >= 4 is 10.0 Å². The van der Waals surface area contributed by atoms with Gasteiger partial charge in [0.1, 0.15) is 16.2 Å². The molecule has 1 atom stereocenters. The maximum absolute atomic E-state index is 13.2. The van der Waals surface area contributed by atoms with Gasteiger partial charge in [-0.3, -0.25) is 9.88 Å². The van der Waals surface area contributed by atoms with Crippen LogP contribution in [0, 0.1) is 0 Å². The monoisotopic (exact) mass is 403 g/mol. The Bertz CT molecular complexity index is 922. The van der Waals surface area contributed by atoms with E-state index >= 15 is 0 Å². The van der Waals surface area contributed by atoms with Crippen molar-refractivity contribution in [1.82, 2.24) is 14.2 Å². The SMILES string of the molecule is COCCN1CC2(CCN(Cc3cccnc3)C2)Oc2ccccc2S1(=O)=O. The van der Waals surface area contributed by atoms with Crippen LogP contribution in [0.1, 0.15) is 12.0 Å². The fourth-order valence-corrected chi connectivity index (χ4v) is 5.59. The third kappa shape index (κ3) is 3.77. The summed E-state index contributed by atoms with van der Waals surface area (Å²) in [7, 11) is -2.05. The number of methoxy groups -OCH3 is 1. The highest BCUT2D eigenvalue weighted by atomic mass is 32.2. The van der Waals surface area contributed by atoms with E-state index in [0.29, 0.717) is 32.0 Å². The Morgan fingerprint density at radius 3 is 2.86 bits per heavy atom. The Balaban J connectivity index is 1.62. The van der Waals surface area contributed by atoms with Crippen molar-refractivity contribution < 1.29 is 17.9 Å². The minimum absolute atomic E-state index is 0.230. The molecule has 2 aliphatic heterocycles. The van der Waals surface area contributed by atoms with Crippen molar-refractivity contribution in [2.75, 3.05) is 39.9 Å². The number of likely N-dealkylation sites (tertiary alicyclic amines) is 1. The zero-order chi connectivity index (χ0) is 19.6. The first-order valence-electron chi connectivity index (χ1n) is 9.41. The molecule has 1 saturated heterocycles. The third-order valence-corrected chi connectivity index (χ3v) is 7.21. The van der Waals surface area contributed by atoms with Gasteiger partial charge in [-0.15, -0.1) is 0 Å². The van der Waals surface area contributed by atoms with Crippen molar-refractivity contribution in [2.24, 2.45) is 0 Å². The minimum Gasteiger partial charge on any atom is -0.483 e. The summed E-state index contributed by atoms with van der Waals surface area (Å²) in [6.45, 7) is 3.24. The van der Waals surface area contributed by atoms with Crippen molar-refractivity contribution in [3.63, 3.8) is 0 Å². The Kier molecular flexibility index (Phi) is 5.37. The number of pyridine rings is 1.